The van der Waals surface area contributed by atoms with E-state index in [9.17, 15) is 4.79 Å². The maximum atomic E-state index is 12.5. The third-order valence-electron chi connectivity index (χ3n) is 3.34. The molecular formula is C16H15NO2. The molecule has 0 aromatic heterocycles. The van der Waals surface area contributed by atoms with Gasteiger partial charge in [0.1, 0.15) is 5.75 Å². The third-order valence-corrected chi connectivity index (χ3v) is 3.34. The van der Waals surface area contributed by atoms with Crippen LogP contribution in [0, 0.1) is 6.92 Å². The summed E-state index contributed by atoms with van der Waals surface area (Å²) in [5.41, 5.74) is 2.65. The first-order valence-corrected chi connectivity index (χ1v) is 6.35. The van der Waals surface area contributed by atoms with Crippen LogP contribution < -0.4 is 10.1 Å². The van der Waals surface area contributed by atoms with Gasteiger partial charge in [-0.3, -0.25) is 4.79 Å². The molecule has 3 heteroatoms. The van der Waals surface area contributed by atoms with Crippen LogP contribution in [0.1, 0.15) is 15.9 Å². The molecule has 1 atom stereocenters. The first-order chi connectivity index (χ1) is 9.25. The predicted molar refractivity (Wildman–Crippen MR) is 74.9 cm³/mol. The summed E-state index contributed by atoms with van der Waals surface area (Å²) >= 11 is 0. The van der Waals surface area contributed by atoms with Gasteiger partial charge < -0.3 is 10.1 Å². The average Bonchev–Trinajstić information content (AvgIpc) is 2.46. The van der Waals surface area contributed by atoms with Gasteiger partial charge in [-0.15, -0.1) is 0 Å². The molecule has 0 amide bonds. The van der Waals surface area contributed by atoms with Gasteiger partial charge in [0, 0.05) is 5.56 Å². The van der Waals surface area contributed by atoms with Crippen molar-refractivity contribution in [3.05, 3.63) is 59.7 Å². The number of anilines is 1. The summed E-state index contributed by atoms with van der Waals surface area (Å²) in [4.78, 5) is 12.5. The summed E-state index contributed by atoms with van der Waals surface area (Å²) in [6.45, 7) is 2.45. The van der Waals surface area contributed by atoms with Crippen LogP contribution in [0.25, 0.3) is 0 Å². The molecule has 2 aromatic carbocycles. The van der Waals surface area contributed by atoms with Gasteiger partial charge in [-0.25, -0.2) is 0 Å². The van der Waals surface area contributed by atoms with Crippen molar-refractivity contribution in [1.82, 2.24) is 0 Å². The zero-order valence-electron chi connectivity index (χ0n) is 10.7. The Bertz CT molecular complexity index is 622. The number of carbonyl (C=O) groups excluding carboxylic acids is 1. The smallest absolute Gasteiger partial charge is 0.205 e. The lowest BCUT2D eigenvalue weighted by Gasteiger charge is -2.26. The van der Waals surface area contributed by atoms with E-state index in [-0.39, 0.29) is 5.78 Å². The van der Waals surface area contributed by atoms with Crippen LogP contribution in [-0.2, 0) is 0 Å². The molecule has 1 unspecified atom stereocenters. The van der Waals surface area contributed by atoms with Crippen molar-refractivity contribution >= 4 is 11.5 Å². The number of ether oxygens (including phenoxy) is 1. The Morgan fingerprint density at radius 3 is 2.74 bits per heavy atom. The quantitative estimate of drug-likeness (QED) is 0.836. The lowest BCUT2D eigenvalue weighted by Crippen LogP contribution is -2.38. The number of ketones is 1. The summed E-state index contributed by atoms with van der Waals surface area (Å²) in [7, 11) is 0. The number of aryl methyl sites for hydroxylation is 1. The number of nitrogens with one attached hydrogen (secondary N) is 1. The Labute approximate surface area is 112 Å². The molecule has 1 N–H and O–H groups in total. The Balaban J connectivity index is 1.86. The molecule has 1 aliphatic rings. The highest BCUT2D eigenvalue weighted by Gasteiger charge is 2.27. The second kappa shape index (κ2) is 4.76. The van der Waals surface area contributed by atoms with E-state index in [0.717, 1.165) is 22.6 Å². The SMILES string of the molecule is Cc1ccccc1C(=O)C1CNc2ccccc2O1. The molecule has 3 rings (SSSR count). The average molecular weight is 253 g/mol. The van der Waals surface area contributed by atoms with Crippen molar-refractivity contribution in [2.75, 3.05) is 11.9 Å². The van der Waals surface area contributed by atoms with Crippen molar-refractivity contribution in [2.24, 2.45) is 0 Å². The van der Waals surface area contributed by atoms with Crippen LogP contribution >= 0.6 is 0 Å². The first-order valence-electron chi connectivity index (χ1n) is 6.35. The standard InChI is InChI=1S/C16H15NO2/c1-11-6-2-3-7-12(11)16(18)15-10-17-13-8-4-5-9-14(13)19-15/h2-9,15,17H,10H2,1H3. The minimum atomic E-state index is -0.462. The molecule has 0 bridgehead atoms. The van der Waals surface area contributed by atoms with E-state index in [4.69, 9.17) is 4.74 Å². The number of para-hydroxylation sites is 2. The molecule has 0 spiro atoms. The van der Waals surface area contributed by atoms with Crippen molar-refractivity contribution in [2.45, 2.75) is 13.0 Å². The summed E-state index contributed by atoms with van der Waals surface area (Å²) in [6, 6.07) is 15.3. The Kier molecular flexibility index (Phi) is 2.95. The highest BCUT2D eigenvalue weighted by Crippen LogP contribution is 2.29. The van der Waals surface area contributed by atoms with Crippen molar-refractivity contribution in [1.29, 1.82) is 0 Å². The van der Waals surface area contributed by atoms with Crippen LogP contribution in [0.2, 0.25) is 0 Å². The molecule has 0 aliphatic carbocycles. The van der Waals surface area contributed by atoms with E-state index in [2.05, 4.69) is 5.32 Å². The molecular weight excluding hydrogens is 238 g/mol. The van der Waals surface area contributed by atoms with Gasteiger partial charge in [0.15, 0.2) is 6.10 Å². The lowest BCUT2D eigenvalue weighted by molar-refractivity contribution is 0.0801. The van der Waals surface area contributed by atoms with Crippen LogP contribution in [0.4, 0.5) is 5.69 Å². The molecule has 96 valence electrons. The lowest BCUT2D eigenvalue weighted by atomic mass is 10.0. The molecule has 19 heavy (non-hydrogen) atoms. The number of Topliss-reactive ketones (excluding diaryl/α,β-unsaturated/α-hetero) is 1. The van der Waals surface area contributed by atoms with Crippen molar-refractivity contribution in [3.8, 4) is 5.75 Å². The fourth-order valence-electron chi connectivity index (χ4n) is 2.28. The molecule has 0 radical (unpaired) electrons. The maximum Gasteiger partial charge on any atom is 0.205 e. The Morgan fingerprint density at radius 2 is 1.89 bits per heavy atom. The molecule has 0 saturated carbocycles. The van der Waals surface area contributed by atoms with Crippen LogP contribution in [0.5, 0.6) is 5.75 Å². The number of hydrogen-bond donors (Lipinski definition) is 1. The second-order valence-electron chi connectivity index (χ2n) is 4.66. The molecule has 0 fully saturated rings. The number of carbonyl (C=O) groups is 1. The molecule has 2 aromatic rings. The number of benzene rings is 2. The zero-order valence-corrected chi connectivity index (χ0v) is 10.7. The number of hydrogen-bond acceptors (Lipinski definition) is 3. The topological polar surface area (TPSA) is 38.3 Å². The Morgan fingerprint density at radius 1 is 1.16 bits per heavy atom. The van der Waals surface area contributed by atoms with E-state index in [1.54, 1.807) is 0 Å². The van der Waals surface area contributed by atoms with Gasteiger partial charge in [0.25, 0.3) is 0 Å². The normalized spacial score (nSPS) is 17.0. The predicted octanol–water partition coefficient (Wildman–Crippen LogP) is 3.05. The fourth-order valence-corrected chi connectivity index (χ4v) is 2.28. The summed E-state index contributed by atoms with van der Waals surface area (Å²) in [6.07, 6.45) is -0.462. The zero-order chi connectivity index (χ0) is 13.2. The van der Waals surface area contributed by atoms with Crippen molar-refractivity contribution < 1.29 is 9.53 Å². The van der Waals surface area contributed by atoms with Crippen molar-refractivity contribution in [3.63, 3.8) is 0 Å². The van der Waals surface area contributed by atoms with Crippen LogP contribution in [0.15, 0.2) is 48.5 Å². The minimum Gasteiger partial charge on any atom is -0.478 e. The summed E-state index contributed by atoms with van der Waals surface area (Å²) < 4.78 is 5.79. The van der Waals surface area contributed by atoms with E-state index in [1.165, 1.54) is 0 Å². The first kappa shape index (κ1) is 11.8. The Hall–Kier alpha value is -2.29. The fraction of sp³-hybridized carbons (Fsp3) is 0.188. The maximum absolute atomic E-state index is 12.5. The highest BCUT2D eigenvalue weighted by atomic mass is 16.5. The van der Waals surface area contributed by atoms with Gasteiger partial charge in [0.2, 0.25) is 5.78 Å². The van der Waals surface area contributed by atoms with E-state index >= 15 is 0 Å². The highest BCUT2D eigenvalue weighted by molar-refractivity contribution is 6.01. The van der Waals surface area contributed by atoms with Gasteiger partial charge in [-0.05, 0) is 24.6 Å². The van der Waals surface area contributed by atoms with Gasteiger partial charge in [-0.1, -0.05) is 36.4 Å². The monoisotopic (exact) mass is 253 g/mol. The minimum absolute atomic E-state index is 0.0279. The summed E-state index contributed by atoms with van der Waals surface area (Å²) in [5, 5.41) is 3.24. The van der Waals surface area contributed by atoms with E-state index in [0.29, 0.717) is 6.54 Å². The number of fused-ring (bicyclic) bond motifs is 1. The molecule has 1 aliphatic heterocycles. The summed E-state index contributed by atoms with van der Waals surface area (Å²) in [5.74, 6) is 0.765. The third kappa shape index (κ3) is 2.19. The number of rotatable bonds is 2. The van der Waals surface area contributed by atoms with Crippen LogP contribution in [-0.4, -0.2) is 18.4 Å². The van der Waals surface area contributed by atoms with Gasteiger partial charge in [0.05, 0.1) is 12.2 Å². The van der Waals surface area contributed by atoms with Gasteiger partial charge in [-0.2, -0.15) is 0 Å². The molecule has 1 heterocycles. The van der Waals surface area contributed by atoms with Gasteiger partial charge >= 0.3 is 0 Å². The van der Waals surface area contributed by atoms with E-state index in [1.807, 2.05) is 55.5 Å². The van der Waals surface area contributed by atoms with E-state index < -0.39 is 6.10 Å². The molecule has 0 saturated heterocycles. The largest absolute Gasteiger partial charge is 0.478 e. The van der Waals surface area contributed by atoms with Crippen LogP contribution in [0.3, 0.4) is 0 Å². The molecule has 3 nitrogen and oxygen atoms in total. The second-order valence-corrected chi connectivity index (χ2v) is 4.66.